The predicted molar refractivity (Wildman–Crippen MR) is 133 cm³/mol. The average molecular weight is 478 g/mol. The summed E-state index contributed by atoms with van der Waals surface area (Å²) in [5, 5.41) is 0.172. The maximum absolute atomic E-state index is 13.3. The number of imide groups is 3. The van der Waals surface area contributed by atoms with E-state index >= 15 is 0 Å². The van der Waals surface area contributed by atoms with Crippen LogP contribution in [0.15, 0.2) is 60.7 Å². The number of amides is 3. The molecule has 1 heterocycles. The van der Waals surface area contributed by atoms with Crippen LogP contribution in [-0.4, -0.2) is 35.2 Å². The predicted octanol–water partition coefficient (Wildman–Crippen LogP) is 6.38. The number of benzene rings is 3. The summed E-state index contributed by atoms with van der Waals surface area (Å²) in [6, 6.07) is 17.9. The molecule has 1 fully saturated rings. The third-order valence-corrected chi connectivity index (χ3v) is 6.74. The van der Waals surface area contributed by atoms with Crippen molar-refractivity contribution in [3.8, 4) is 11.5 Å². The minimum Gasteiger partial charge on any atom is -0.490 e. The Morgan fingerprint density at radius 1 is 0.941 bits per heavy atom. The standard InChI is InChI=1S/C27H27NO5S/c1-3-5-8-16-33-22-15-14-19(17-23(22)32-4-2)24-26(30)28(27(31)34-24)25(29)21-13-9-11-18-10-6-7-12-20(18)21/h6-7,9-15,17,24H,3-5,8,16H2,1-2H3. The zero-order chi connectivity index (χ0) is 24.1. The second kappa shape index (κ2) is 10.7. The number of thioether (sulfide) groups is 1. The second-order valence-electron chi connectivity index (χ2n) is 7.96. The minimum atomic E-state index is -0.820. The third kappa shape index (κ3) is 4.80. The van der Waals surface area contributed by atoms with Gasteiger partial charge in [0, 0.05) is 5.56 Å². The highest BCUT2D eigenvalue weighted by Crippen LogP contribution is 2.43. The fourth-order valence-electron chi connectivity index (χ4n) is 3.95. The minimum absolute atomic E-state index is 0.326. The lowest BCUT2D eigenvalue weighted by atomic mass is 10.0. The van der Waals surface area contributed by atoms with Crippen molar-refractivity contribution in [2.24, 2.45) is 0 Å². The number of hydrogen-bond donors (Lipinski definition) is 0. The summed E-state index contributed by atoms with van der Waals surface area (Å²) in [7, 11) is 0. The molecule has 3 aromatic carbocycles. The van der Waals surface area contributed by atoms with Crippen molar-refractivity contribution < 1.29 is 23.9 Å². The fraction of sp³-hybridized carbons (Fsp3) is 0.296. The Morgan fingerprint density at radius 3 is 2.53 bits per heavy atom. The SMILES string of the molecule is CCCCCOc1ccc(C2SC(=O)N(C(=O)c3cccc4ccccc34)C2=O)cc1OCC. The molecular weight excluding hydrogens is 450 g/mol. The van der Waals surface area contributed by atoms with Crippen LogP contribution in [0.25, 0.3) is 10.8 Å². The summed E-state index contributed by atoms with van der Waals surface area (Å²) in [4.78, 5) is 40.1. The van der Waals surface area contributed by atoms with Crippen molar-refractivity contribution in [3.05, 3.63) is 71.8 Å². The molecule has 0 radical (unpaired) electrons. The fourth-order valence-corrected chi connectivity index (χ4v) is 4.92. The summed E-state index contributed by atoms with van der Waals surface area (Å²) in [6.45, 7) is 5.02. The van der Waals surface area contributed by atoms with Gasteiger partial charge in [-0.15, -0.1) is 0 Å². The van der Waals surface area contributed by atoms with Gasteiger partial charge in [-0.25, -0.2) is 4.90 Å². The Balaban J connectivity index is 1.58. The van der Waals surface area contributed by atoms with Gasteiger partial charge in [0.1, 0.15) is 5.25 Å². The van der Waals surface area contributed by atoms with Gasteiger partial charge in [0.15, 0.2) is 11.5 Å². The smallest absolute Gasteiger partial charge is 0.296 e. The van der Waals surface area contributed by atoms with Gasteiger partial charge >= 0.3 is 0 Å². The highest BCUT2D eigenvalue weighted by Gasteiger charge is 2.45. The van der Waals surface area contributed by atoms with E-state index in [9.17, 15) is 14.4 Å². The third-order valence-electron chi connectivity index (χ3n) is 5.64. The first-order chi connectivity index (χ1) is 16.5. The maximum atomic E-state index is 13.3. The molecule has 3 aromatic rings. The van der Waals surface area contributed by atoms with Gasteiger partial charge in [-0.3, -0.25) is 14.4 Å². The van der Waals surface area contributed by atoms with Crippen molar-refractivity contribution in [2.75, 3.05) is 13.2 Å². The van der Waals surface area contributed by atoms with Crippen LogP contribution in [0.5, 0.6) is 11.5 Å². The molecule has 176 valence electrons. The molecule has 0 aliphatic carbocycles. The van der Waals surface area contributed by atoms with E-state index in [0.717, 1.165) is 41.3 Å². The van der Waals surface area contributed by atoms with Crippen molar-refractivity contribution in [1.29, 1.82) is 0 Å². The van der Waals surface area contributed by atoms with Crippen LogP contribution in [0.4, 0.5) is 4.79 Å². The molecular formula is C27H27NO5S. The Morgan fingerprint density at radius 2 is 1.74 bits per heavy atom. The molecule has 0 aromatic heterocycles. The van der Waals surface area contributed by atoms with Gasteiger partial charge in [-0.2, -0.15) is 0 Å². The van der Waals surface area contributed by atoms with Crippen LogP contribution in [0, 0.1) is 0 Å². The molecule has 0 saturated carbocycles. The number of unbranched alkanes of at least 4 members (excludes halogenated alkanes) is 2. The van der Waals surface area contributed by atoms with Gasteiger partial charge in [-0.05, 0) is 59.6 Å². The Bertz CT molecular complexity index is 1220. The topological polar surface area (TPSA) is 72.9 Å². The van der Waals surface area contributed by atoms with Crippen LogP contribution in [0.1, 0.15) is 54.3 Å². The Kier molecular flexibility index (Phi) is 7.53. The van der Waals surface area contributed by atoms with E-state index in [-0.39, 0.29) is 0 Å². The molecule has 6 nitrogen and oxygen atoms in total. The first-order valence-corrected chi connectivity index (χ1v) is 12.4. The van der Waals surface area contributed by atoms with Crippen molar-refractivity contribution in [2.45, 2.75) is 38.4 Å². The van der Waals surface area contributed by atoms with Crippen LogP contribution in [0.2, 0.25) is 0 Å². The molecule has 1 aliphatic rings. The van der Waals surface area contributed by atoms with Crippen molar-refractivity contribution in [1.82, 2.24) is 4.90 Å². The lowest BCUT2D eigenvalue weighted by molar-refractivity contribution is -0.124. The van der Waals surface area contributed by atoms with E-state index in [1.807, 2.05) is 37.3 Å². The molecule has 3 amide bonds. The van der Waals surface area contributed by atoms with Gasteiger partial charge in [-0.1, -0.05) is 62.2 Å². The summed E-state index contributed by atoms with van der Waals surface area (Å²) < 4.78 is 11.6. The van der Waals surface area contributed by atoms with E-state index in [1.54, 1.807) is 30.3 Å². The zero-order valence-electron chi connectivity index (χ0n) is 19.3. The van der Waals surface area contributed by atoms with E-state index in [4.69, 9.17) is 9.47 Å². The lowest BCUT2D eigenvalue weighted by Gasteiger charge is -2.16. The van der Waals surface area contributed by atoms with Crippen LogP contribution in [-0.2, 0) is 4.79 Å². The number of ether oxygens (including phenoxy) is 2. The molecule has 4 rings (SSSR count). The maximum Gasteiger partial charge on any atom is 0.296 e. The summed E-state index contributed by atoms with van der Waals surface area (Å²) >= 11 is 0.841. The quantitative estimate of drug-likeness (QED) is 0.263. The molecule has 0 N–H and O–H groups in total. The summed E-state index contributed by atoms with van der Waals surface area (Å²) in [6.07, 6.45) is 3.13. The molecule has 34 heavy (non-hydrogen) atoms. The average Bonchev–Trinajstić information content (AvgIpc) is 3.15. The Hall–Kier alpha value is -3.32. The number of nitrogens with zero attached hydrogens (tertiary/aromatic N) is 1. The van der Waals surface area contributed by atoms with Crippen LogP contribution < -0.4 is 9.47 Å². The second-order valence-corrected chi connectivity index (χ2v) is 9.02. The molecule has 0 spiro atoms. The van der Waals surface area contributed by atoms with Crippen molar-refractivity contribution in [3.63, 3.8) is 0 Å². The van der Waals surface area contributed by atoms with Gasteiger partial charge < -0.3 is 9.47 Å². The first-order valence-electron chi connectivity index (χ1n) is 11.5. The number of fused-ring (bicyclic) bond motifs is 1. The molecule has 0 bridgehead atoms. The molecule has 1 atom stereocenters. The normalized spacial score (nSPS) is 15.7. The lowest BCUT2D eigenvalue weighted by Crippen LogP contribution is -2.35. The Labute approximate surface area is 203 Å². The van der Waals surface area contributed by atoms with Crippen LogP contribution in [0.3, 0.4) is 0 Å². The number of rotatable bonds is 9. The van der Waals surface area contributed by atoms with E-state index in [2.05, 4.69) is 6.92 Å². The number of carbonyl (C=O) groups excluding carboxylic acids is 3. The highest BCUT2D eigenvalue weighted by molar-refractivity contribution is 8.15. The van der Waals surface area contributed by atoms with E-state index < -0.39 is 22.3 Å². The van der Waals surface area contributed by atoms with E-state index in [0.29, 0.717) is 41.2 Å². The highest BCUT2D eigenvalue weighted by atomic mass is 32.2. The largest absolute Gasteiger partial charge is 0.490 e. The van der Waals surface area contributed by atoms with E-state index in [1.165, 1.54) is 0 Å². The summed E-state index contributed by atoms with van der Waals surface area (Å²) in [5.41, 5.74) is 0.924. The van der Waals surface area contributed by atoms with Crippen LogP contribution >= 0.6 is 11.8 Å². The zero-order valence-corrected chi connectivity index (χ0v) is 20.1. The molecule has 1 aliphatic heterocycles. The van der Waals surface area contributed by atoms with Gasteiger partial charge in [0.25, 0.3) is 17.1 Å². The number of hydrogen-bond acceptors (Lipinski definition) is 6. The summed E-state index contributed by atoms with van der Waals surface area (Å²) in [5.74, 6) is -0.0296. The van der Waals surface area contributed by atoms with Gasteiger partial charge in [0.2, 0.25) is 0 Å². The molecule has 7 heteroatoms. The first kappa shape index (κ1) is 23.8. The van der Waals surface area contributed by atoms with Crippen molar-refractivity contribution >= 4 is 39.6 Å². The van der Waals surface area contributed by atoms with Gasteiger partial charge in [0.05, 0.1) is 13.2 Å². The number of carbonyl (C=O) groups is 3. The monoisotopic (exact) mass is 477 g/mol. The molecule has 1 unspecified atom stereocenters. The molecule has 1 saturated heterocycles.